The van der Waals surface area contributed by atoms with Crippen LogP contribution in [-0.2, 0) is 17.9 Å². The SMILES string of the molecule is COc1cc(OC)c(F)c(COc2cnc(Nc3cnn(CCN4CCN(C(=O)OC(C)(C)C)CC4)c3)nc2)c1F. The molecule has 1 amide bonds. The number of carbonyl (C=O) groups is 1. The Morgan fingerprint density at radius 2 is 1.61 bits per heavy atom. The molecule has 4 rings (SSSR count). The zero-order chi connectivity index (χ0) is 29.6. The summed E-state index contributed by atoms with van der Waals surface area (Å²) in [7, 11) is 2.56. The van der Waals surface area contributed by atoms with Crippen molar-refractivity contribution in [1.29, 1.82) is 0 Å². The number of rotatable bonds is 10. The summed E-state index contributed by atoms with van der Waals surface area (Å²) in [4.78, 5) is 24.7. The van der Waals surface area contributed by atoms with Crippen LogP contribution in [0.1, 0.15) is 26.3 Å². The zero-order valence-corrected chi connectivity index (χ0v) is 23.8. The van der Waals surface area contributed by atoms with Crippen molar-refractivity contribution in [1.82, 2.24) is 29.5 Å². The number of anilines is 2. The topological polar surface area (TPSA) is 116 Å². The van der Waals surface area contributed by atoms with Gasteiger partial charge >= 0.3 is 6.09 Å². The minimum atomic E-state index is -0.870. The van der Waals surface area contributed by atoms with Crippen molar-refractivity contribution in [2.75, 3.05) is 52.3 Å². The monoisotopic (exact) mass is 575 g/mol. The van der Waals surface area contributed by atoms with Crippen LogP contribution in [0, 0.1) is 11.6 Å². The molecule has 1 fully saturated rings. The zero-order valence-electron chi connectivity index (χ0n) is 23.8. The largest absolute Gasteiger partial charge is 0.494 e. The van der Waals surface area contributed by atoms with Gasteiger partial charge in [0.05, 0.1) is 50.6 Å². The van der Waals surface area contributed by atoms with E-state index < -0.39 is 23.8 Å². The molecule has 3 heterocycles. The number of piperazine rings is 1. The highest BCUT2D eigenvalue weighted by atomic mass is 19.1. The number of methoxy groups -OCH3 is 2. The molecule has 1 saturated heterocycles. The van der Waals surface area contributed by atoms with Gasteiger partial charge in [0.25, 0.3) is 0 Å². The lowest BCUT2D eigenvalue weighted by Gasteiger charge is -2.35. The first kappa shape index (κ1) is 29.8. The standard InChI is InChI=1S/C27H35F2N7O5/c1-27(2,3)41-26(37)35-9-6-34(7-10-35)8-11-36-16-18(13-32-36)33-25-30-14-19(15-31-25)40-17-20-23(28)21(38-4)12-22(39-5)24(20)29/h12-16H,6-11,17H2,1-5H3,(H,30,31,33). The normalized spacial score (nSPS) is 14.1. The number of carbonyl (C=O) groups excluding carboxylic acids is 1. The lowest BCUT2D eigenvalue weighted by molar-refractivity contribution is 0.0142. The number of hydrogen-bond donors (Lipinski definition) is 1. The Hall–Kier alpha value is -4.20. The van der Waals surface area contributed by atoms with Crippen LogP contribution in [0.25, 0.3) is 0 Å². The number of benzene rings is 1. The van der Waals surface area contributed by atoms with Gasteiger partial charge in [0.2, 0.25) is 5.95 Å². The van der Waals surface area contributed by atoms with E-state index in [4.69, 9.17) is 18.9 Å². The van der Waals surface area contributed by atoms with E-state index in [2.05, 4.69) is 25.3 Å². The van der Waals surface area contributed by atoms with Gasteiger partial charge in [0.1, 0.15) is 12.2 Å². The molecule has 1 aliphatic rings. The van der Waals surface area contributed by atoms with E-state index in [0.29, 0.717) is 31.3 Å². The number of nitrogens with zero attached hydrogens (tertiary/aromatic N) is 6. The van der Waals surface area contributed by atoms with Gasteiger partial charge in [-0.15, -0.1) is 0 Å². The maximum absolute atomic E-state index is 14.5. The van der Waals surface area contributed by atoms with E-state index >= 15 is 0 Å². The summed E-state index contributed by atoms with van der Waals surface area (Å²) in [5.74, 6) is -1.53. The first-order valence-electron chi connectivity index (χ1n) is 13.1. The van der Waals surface area contributed by atoms with Crippen molar-refractivity contribution in [2.45, 2.75) is 39.5 Å². The van der Waals surface area contributed by atoms with E-state index in [1.54, 1.807) is 11.1 Å². The van der Waals surface area contributed by atoms with Crippen LogP contribution in [0.15, 0.2) is 30.9 Å². The fraction of sp³-hybridized carbons (Fsp3) is 0.481. The first-order chi connectivity index (χ1) is 19.6. The number of amides is 1. The highest BCUT2D eigenvalue weighted by molar-refractivity contribution is 5.68. The summed E-state index contributed by atoms with van der Waals surface area (Å²) < 4.78 is 51.7. The fourth-order valence-corrected chi connectivity index (χ4v) is 4.08. The third-order valence-electron chi connectivity index (χ3n) is 6.23. The third kappa shape index (κ3) is 7.93. The molecule has 0 saturated carbocycles. The molecule has 2 aromatic heterocycles. The smallest absolute Gasteiger partial charge is 0.410 e. The van der Waals surface area contributed by atoms with Crippen LogP contribution < -0.4 is 19.5 Å². The maximum Gasteiger partial charge on any atom is 0.410 e. The molecule has 1 aliphatic heterocycles. The van der Waals surface area contributed by atoms with Crippen molar-refractivity contribution >= 4 is 17.7 Å². The van der Waals surface area contributed by atoms with Crippen molar-refractivity contribution < 1.29 is 32.5 Å². The molecule has 12 nitrogen and oxygen atoms in total. The minimum absolute atomic E-state index is 0.154. The number of hydrogen-bond acceptors (Lipinski definition) is 10. The summed E-state index contributed by atoms with van der Waals surface area (Å²) in [5.41, 5.74) is -0.142. The second kappa shape index (κ2) is 13.0. The maximum atomic E-state index is 14.5. The second-order valence-electron chi connectivity index (χ2n) is 10.3. The summed E-state index contributed by atoms with van der Waals surface area (Å²) >= 11 is 0. The molecule has 0 spiro atoms. The number of nitrogens with one attached hydrogen (secondary N) is 1. The second-order valence-corrected chi connectivity index (χ2v) is 10.3. The number of aromatic nitrogens is 4. The summed E-state index contributed by atoms with van der Waals surface area (Å²) in [6.07, 6.45) is 6.01. The molecule has 0 bridgehead atoms. The first-order valence-corrected chi connectivity index (χ1v) is 13.1. The van der Waals surface area contributed by atoms with Crippen LogP contribution >= 0.6 is 0 Å². The van der Waals surface area contributed by atoms with Crippen LogP contribution in [0.5, 0.6) is 17.2 Å². The minimum Gasteiger partial charge on any atom is -0.494 e. The number of ether oxygens (including phenoxy) is 4. The Morgan fingerprint density at radius 1 is 0.976 bits per heavy atom. The van der Waals surface area contributed by atoms with Gasteiger partial charge < -0.3 is 29.2 Å². The lowest BCUT2D eigenvalue weighted by atomic mass is 10.1. The summed E-state index contributed by atoms with van der Waals surface area (Å²) in [5, 5.41) is 7.44. The average molecular weight is 576 g/mol. The third-order valence-corrected chi connectivity index (χ3v) is 6.23. The van der Waals surface area contributed by atoms with E-state index in [1.165, 1.54) is 26.6 Å². The van der Waals surface area contributed by atoms with Crippen molar-refractivity contribution in [2.24, 2.45) is 0 Å². The van der Waals surface area contributed by atoms with E-state index in [0.717, 1.165) is 25.7 Å². The summed E-state index contributed by atoms with van der Waals surface area (Å²) in [6.45, 7) is 9.39. The average Bonchev–Trinajstić information content (AvgIpc) is 3.39. The molecule has 3 aromatic rings. The molecule has 41 heavy (non-hydrogen) atoms. The van der Waals surface area contributed by atoms with E-state index in [1.807, 2.05) is 31.6 Å². The highest BCUT2D eigenvalue weighted by Gasteiger charge is 2.26. The predicted octanol–water partition coefficient (Wildman–Crippen LogP) is 3.84. The Morgan fingerprint density at radius 3 is 2.20 bits per heavy atom. The highest BCUT2D eigenvalue weighted by Crippen LogP contribution is 2.32. The molecular formula is C27H35F2N7O5. The Bertz CT molecular complexity index is 1290. The fourth-order valence-electron chi connectivity index (χ4n) is 4.08. The van der Waals surface area contributed by atoms with E-state index in [-0.39, 0.29) is 28.9 Å². The van der Waals surface area contributed by atoms with Crippen molar-refractivity contribution in [3.05, 3.63) is 48.1 Å². The Kier molecular flexibility index (Phi) is 9.42. The summed E-state index contributed by atoms with van der Waals surface area (Å²) in [6, 6.07) is 1.13. The van der Waals surface area contributed by atoms with Gasteiger partial charge in [-0.1, -0.05) is 0 Å². The molecule has 0 unspecified atom stereocenters. The molecular weight excluding hydrogens is 540 g/mol. The van der Waals surface area contributed by atoms with Gasteiger partial charge in [0, 0.05) is 45.0 Å². The van der Waals surface area contributed by atoms with Crippen LogP contribution in [0.2, 0.25) is 0 Å². The van der Waals surface area contributed by atoms with Gasteiger partial charge in [-0.2, -0.15) is 5.10 Å². The van der Waals surface area contributed by atoms with Crippen LogP contribution in [-0.4, -0.2) is 88.2 Å². The van der Waals surface area contributed by atoms with Crippen LogP contribution in [0.4, 0.5) is 25.2 Å². The number of halogens is 2. The molecule has 1 aromatic carbocycles. The van der Waals surface area contributed by atoms with Gasteiger partial charge in [0.15, 0.2) is 28.9 Å². The van der Waals surface area contributed by atoms with Crippen molar-refractivity contribution in [3.63, 3.8) is 0 Å². The molecule has 0 aliphatic carbocycles. The van der Waals surface area contributed by atoms with Crippen molar-refractivity contribution in [3.8, 4) is 17.2 Å². The van der Waals surface area contributed by atoms with Gasteiger partial charge in [-0.05, 0) is 20.8 Å². The Balaban J connectivity index is 1.24. The molecule has 14 heteroatoms. The molecule has 1 N–H and O–H groups in total. The van der Waals surface area contributed by atoms with E-state index in [9.17, 15) is 13.6 Å². The van der Waals surface area contributed by atoms with Gasteiger partial charge in [-0.3, -0.25) is 9.58 Å². The lowest BCUT2D eigenvalue weighted by Crippen LogP contribution is -2.50. The molecule has 0 atom stereocenters. The Labute approximate surface area is 237 Å². The predicted molar refractivity (Wildman–Crippen MR) is 146 cm³/mol. The molecule has 0 radical (unpaired) electrons. The quantitative estimate of drug-likeness (QED) is 0.382. The van der Waals surface area contributed by atoms with Crippen LogP contribution in [0.3, 0.4) is 0 Å². The molecule has 222 valence electrons. The van der Waals surface area contributed by atoms with Gasteiger partial charge in [-0.25, -0.2) is 23.5 Å².